The maximum Gasteiger partial charge on any atom is 0.389 e. The third kappa shape index (κ3) is 3.27. The zero-order valence-corrected chi connectivity index (χ0v) is 13.5. The van der Waals surface area contributed by atoms with Crippen LogP contribution < -0.4 is 10.2 Å². The van der Waals surface area contributed by atoms with E-state index in [1.165, 1.54) is 12.1 Å². The van der Waals surface area contributed by atoms with E-state index in [0.29, 0.717) is 31.6 Å². The molecule has 1 saturated heterocycles. The maximum atomic E-state index is 14.5. The number of ketones is 1. The van der Waals surface area contributed by atoms with Gasteiger partial charge in [-0.15, -0.1) is 0 Å². The van der Waals surface area contributed by atoms with E-state index in [1.54, 1.807) is 6.07 Å². The van der Waals surface area contributed by atoms with Gasteiger partial charge in [0, 0.05) is 12.0 Å². The lowest BCUT2D eigenvalue weighted by molar-refractivity contribution is -0.142. The van der Waals surface area contributed by atoms with Crippen LogP contribution in [-0.2, 0) is 15.0 Å². The number of piperidine rings is 1. The molecule has 0 aromatic heterocycles. The number of carbonyl (C=O) groups is 2. The minimum atomic E-state index is -4.43. The third-order valence-corrected chi connectivity index (χ3v) is 4.89. The standard InChI is InChI=1S/C17H18F4N2O2/c18-12-2-1-3-13-14(12)16(6-8-22-9-7-16)15(25)23(13)10-11(24)4-5-17(19,20)21/h1-3,22H,4-10H2. The summed E-state index contributed by atoms with van der Waals surface area (Å²) in [7, 11) is 0. The Kier molecular flexibility index (Phi) is 4.57. The number of alkyl halides is 3. The number of nitrogens with one attached hydrogen (secondary N) is 1. The van der Waals surface area contributed by atoms with Gasteiger partial charge in [0.1, 0.15) is 5.82 Å². The van der Waals surface area contributed by atoms with E-state index in [-0.39, 0.29) is 5.56 Å². The van der Waals surface area contributed by atoms with Crippen molar-refractivity contribution in [1.82, 2.24) is 5.32 Å². The predicted octanol–water partition coefficient (Wildman–Crippen LogP) is 2.71. The molecular formula is C17H18F4N2O2. The van der Waals surface area contributed by atoms with Gasteiger partial charge in [-0.3, -0.25) is 9.59 Å². The lowest BCUT2D eigenvalue weighted by Gasteiger charge is -2.33. The van der Waals surface area contributed by atoms with Crippen LogP contribution in [0.25, 0.3) is 0 Å². The first-order valence-electron chi connectivity index (χ1n) is 8.15. The number of benzene rings is 1. The van der Waals surface area contributed by atoms with Crippen molar-refractivity contribution >= 4 is 17.4 Å². The fourth-order valence-electron chi connectivity index (χ4n) is 3.70. The van der Waals surface area contributed by atoms with Crippen molar-refractivity contribution in [2.24, 2.45) is 0 Å². The smallest absolute Gasteiger partial charge is 0.317 e. The number of anilines is 1. The lowest BCUT2D eigenvalue weighted by Crippen LogP contribution is -2.48. The van der Waals surface area contributed by atoms with Gasteiger partial charge in [-0.25, -0.2) is 4.39 Å². The molecular weight excluding hydrogens is 340 g/mol. The van der Waals surface area contributed by atoms with Crippen LogP contribution in [0.15, 0.2) is 18.2 Å². The number of Topliss-reactive ketones (excluding diaryl/α,β-unsaturated/α-hetero) is 1. The van der Waals surface area contributed by atoms with Gasteiger partial charge >= 0.3 is 6.18 Å². The van der Waals surface area contributed by atoms with Crippen LogP contribution in [-0.4, -0.2) is 37.5 Å². The fourth-order valence-corrected chi connectivity index (χ4v) is 3.70. The molecule has 136 valence electrons. The van der Waals surface area contributed by atoms with Crippen LogP contribution in [0.4, 0.5) is 23.2 Å². The van der Waals surface area contributed by atoms with Crippen LogP contribution in [0.3, 0.4) is 0 Å². The van der Waals surface area contributed by atoms with Crippen LogP contribution in [0, 0.1) is 5.82 Å². The number of halogens is 4. The van der Waals surface area contributed by atoms with Gasteiger partial charge < -0.3 is 10.2 Å². The summed E-state index contributed by atoms with van der Waals surface area (Å²) in [6.07, 6.45) is -5.55. The van der Waals surface area contributed by atoms with Gasteiger partial charge in [0.05, 0.1) is 24.1 Å². The number of nitrogens with zero attached hydrogens (tertiary/aromatic N) is 1. The number of hydrogen-bond acceptors (Lipinski definition) is 3. The van der Waals surface area contributed by atoms with Crippen LogP contribution in [0.5, 0.6) is 0 Å². The summed E-state index contributed by atoms with van der Waals surface area (Å²) >= 11 is 0. The van der Waals surface area contributed by atoms with Crippen LogP contribution in [0.2, 0.25) is 0 Å². The van der Waals surface area contributed by atoms with Crippen molar-refractivity contribution in [3.05, 3.63) is 29.6 Å². The molecule has 2 aliphatic heterocycles. The average molecular weight is 358 g/mol. The molecule has 1 N–H and O–H groups in total. The summed E-state index contributed by atoms with van der Waals surface area (Å²) in [5.41, 5.74) is -0.464. The Morgan fingerprint density at radius 3 is 2.56 bits per heavy atom. The van der Waals surface area contributed by atoms with E-state index in [2.05, 4.69) is 5.32 Å². The largest absolute Gasteiger partial charge is 0.389 e. The summed E-state index contributed by atoms with van der Waals surface area (Å²) in [6.45, 7) is 0.616. The van der Waals surface area contributed by atoms with Crippen molar-refractivity contribution in [2.45, 2.75) is 37.3 Å². The highest BCUT2D eigenvalue weighted by atomic mass is 19.4. The Balaban J connectivity index is 1.88. The number of amides is 1. The topological polar surface area (TPSA) is 49.4 Å². The zero-order chi connectivity index (χ0) is 18.2. The molecule has 0 saturated carbocycles. The SMILES string of the molecule is O=C(CCC(F)(F)F)CN1C(=O)C2(CCNCC2)c2c(F)cccc21. The van der Waals surface area contributed by atoms with Crippen molar-refractivity contribution in [3.63, 3.8) is 0 Å². The molecule has 0 atom stereocenters. The molecule has 0 unspecified atom stereocenters. The molecule has 1 amide bonds. The number of carbonyl (C=O) groups excluding carboxylic acids is 2. The van der Waals surface area contributed by atoms with Crippen LogP contribution >= 0.6 is 0 Å². The Labute approximate surface area is 142 Å². The fraction of sp³-hybridized carbons (Fsp3) is 0.529. The first-order valence-corrected chi connectivity index (χ1v) is 8.15. The first kappa shape index (κ1) is 17.8. The second kappa shape index (κ2) is 6.40. The van der Waals surface area contributed by atoms with Crippen molar-refractivity contribution < 1.29 is 27.2 Å². The molecule has 1 spiro atoms. The highest BCUT2D eigenvalue weighted by molar-refractivity contribution is 6.11. The monoisotopic (exact) mass is 358 g/mol. The molecule has 0 radical (unpaired) electrons. The van der Waals surface area contributed by atoms with Gasteiger partial charge in [-0.2, -0.15) is 13.2 Å². The molecule has 1 aromatic rings. The van der Waals surface area contributed by atoms with E-state index >= 15 is 0 Å². The summed E-state index contributed by atoms with van der Waals surface area (Å²) in [5.74, 6) is -1.60. The van der Waals surface area contributed by atoms with Gasteiger partial charge in [-0.05, 0) is 38.1 Å². The average Bonchev–Trinajstić information content (AvgIpc) is 2.77. The van der Waals surface area contributed by atoms with Crippen molar-refractivity contribution in [2.75, 3.05) is 24.5 Å². The molecule has 0 aliphatic carbocycles. The Bertz CT molecular complexity index is 696. The van der Waals surface area contributed by atoms with E-state index in [9.17, 15) is 27.2 Å². The maximum absolute atomic E-state index is 14.5. The van der Waals surface area contributed by atoms with E-state index in [0.717, 1.165) is 4.90 Å². The summed E-state index contributed by atoms with van der Waals surface area (Å²) in [4.78, 5) is 26.1. The molecule has 1 fully saturated rings. The molecule has 25 heavy (non-hydrogen) atoms. The highest BCUT2D eigenvalue weighted by Crippen LogP contribution is 2.48. The Morgan fingerprint density at radius 2 is 1.92 bits per heavy atom. The molecule has 8 heteroatoms. The second-order valence-corrected chi connectivity index (χ2v) is 6.51. The minimum Gasteiger partial charge on any atom is -0.317 e. The quantitative estimate of drug-likeness (QED) is 0.842. The number of hydrogen-bond donors (Lipinski definition) is 1. The summed E-state index contributed by atoms with van der Waals surface area (Å²) in [5, 5.41) is 3.11. The van der Waals surface area contributed by atoms with Crippen molar-refractivity contribution in [1.29, 1.82) is 0 Å². The van der Waals surface area contributed by atoms with E-state index < -0.39 is 48.5 Å². The molecule has 0 bridgehead atoms. The van der Waals surface area contributed by atoms with E-state index in [1.807, 2.05) is 0 Å². The van der Waals surface area contributed by atoms with E-state index in [4.69, 9.17) is 0 Å². The molecule has 4 nitrogen and oxygen atoms in total. The molecule has 2 aliphatic rings. The minimum absolute atomic E-state index is 0.269. The highest BCUT2D eigenvalue weighted by Gasteiger charge is 2.52. The summed E-state index contributed by atoms with van der Waals surface area (Å²) in [6, 6.07) is 4.25. The normalized spacial score (nSPS) is 19.4. The van der Waals surface area contributed by atoms with Gasteiger partial charge in [0.2, 0.25) is 5.91 Å². The van der Waals surface area contributed by atoms with Crippen molar-refractivity contribution in [3.8, 4) is 0 Å². The zero-order valence-electron chi connectivity index (χ0n) is 13.5. The Morgan fingerprint density at radius 1 is 1.24 bits per heavy atom. The molecule has 2 heterocycles. The molecule has 3 rings (SSSR count). The number of rotatable bonds is 4. The third-order valence-electron chi connectivity index (χ3n) is 4.89. The first-order chi connectivity index (χ1) is 11.7. The summed E-state index contributed by atoms with van der Waals surface area (Å²) < 4.78 is 51.4. The number of fused-ring (bicyclic) bond motifs is 2. The van der Waals surface area contributed by atoms with Crippen LogP contribution in [0.1, 0.15) is 31.2 Å². The lowest BCUT2D eigenvalue weighted by atomic mass is 9.74. The van der Waals surface area contributed by atoms with Gasteiger partial charge in [0.15, 0.2) is 5.78 Å². The van der Waals surface area contributed by atoms with Gasteiger partial charge in [-0.1, -0.05) is 6.07 Å². The Hall–Kier alpha value is -1.96. The molecule has 1 aromatic carbocycles. The predicted molar refractivity (Wildman–Crippen MR) is 82.8 cm³/mol. The van der Waals surface area contributed by atoms with Gasteiger partial charge in [0.25, 0.3) is 0 Å². The second-order valence-electron chi connectivity index (χ2n) is 6.51.